The molecule has 0 aromatic rings. The molecular formula is C15H31NS. The van der Waals surface area contributed by atoms with E-state index in [4.69, 9.17) is 0 Å². The number of nitrogens with one attached hydrogen (secondary N) is 1. The number of rotatable bonds is 9. The van der Waals surface area contributed by atoms with Gasteiger partial charge in [-0.1, -0.05) is 39.5 Å². The van der Waals surface area contributed by atoms with Gasteiger partial charge in [-0.2, -0.15) is 11.8 Å². The van der Waals surface area contributed by atoms with Crippen molar-refractivity contribution in [3.05, 3.63) is 0 Å². The third kappa shape index (κ3) is 7.35. The van der Waals surface area contributed by atoms with Gasteiger partial charge in [-0.25, -0.2) is 0 Å². The lowest BCUT2D eigenvalue weighted by atomic mass is 9.91. The van der Waals surface area contributed by atoms with Gasteiger partial charge in [0.25, 0.3) is 0 Å². The number of thioether (sulfide) groups is 1. The number of hydrogen-bond donors (Lipinski definition) is 1. The number of hydrogen-bond acceptors (Lipinski definition) is 2. The van der Waals surface area contributed by atoms with E-state index in [2.05, 4.69) is 30.9 Å². The largest absolute Gasteiger partial charge is 0.314 e. The summed E-state index contributed by atoms with van der Waals surface area (Å²) in [6.45, 7) is 5.68. The molecule has 1 heterocycles. The average molecular weight is 257 g/mol. The zero-order chi connectivity index (χ0) is 12.3. The Morgan fingerprint density at radius 2 is 1.88 bits per heavy atom. The van der Waals surface area contributed by atoms with E-state index < -0.39 is 0 Å². The Labute approximate surface area is 113 Å². The van der Waals surface area contributed by atoms with Crippen molar-refractivity contribution in [2.75, 3.05) is 18.1 Å². The van der Waals surface area contributed by atoms with Gasteiger partial charge in [0.05, 0.1) is 0 Å². The fourth-order valence-electron chi connectivity index (χ4n) is 2.79. The first-order valence-electron chi connectivity index (χ1n) is 7.68. The Balaban J connectivity index is 2.16. The summed E-state index contributed by atoms with van der Waals surface area (Å²) < 4.78 is 0. The maximum absolute atomic E-state index is 3.70. The SMILES string of the molecule is CCCCCCC(CC1CCSCC1)NCC. The molecular weight excluding hydrogens is 226 g/mol. The Kier molecular flexibility index (Phi) is 9.27. The molecule has 0 bridgehead atoms. The minimum atomic E-state index is 0.796. The fourth-order valence-corrected chi connectivity index (χ4v) is 4.00. The lowest BCUT2D eigenvalue weighted by Crippen LogP contribution is -2.32. The van der Waals surface area contributed by atoms with E-state index in [0.29, 0.717) is 0 Å². The molecule has 1 aliphatic rings. The molecule has 1 rings (SSSR count). The van der Waals surface area contributed by atoms with Crippen molar-refractivity contribution in [3.63, 3.8) is 0 Å². The third-order valence-electron chi connectivity index (χ3n) is 3.86. The van der Waals surface area contributed by atoms with E-state index in [0.717, 1.165) is 18.5 Å². The van der Waals surface area contributed by atoms with Crippen LogP contribution in [-0.4, -0.2) is 24.1 Å². The van der Waals surface area contributed by atoms with Crippen LogP contribution in [0.5, 0.6) is 0 Å². The quantitative estimate of drug-likeness (QED) is 0.612. The summed E-state index contributed by atoms with van der Waals surface area (Å²) in [7, 11) is 0. The Hall–Kier alpha value is 0.310. The Morgan fingerprint density at radius 1 is 1.12 bits per heavy atom. The van der Waals surface area contributed by atoms with Crippen LogP contribution in [0.2, 0.25) is 0 Å². The van der Waals surface area contributed by atoms with Gasteiger partial charge >= 0.3 is 0 Å². The van der Waals surface area contributed by atoms with Gasteiger partial charge in [-0.3, -0.25) is 0 Å². The van der Waals surface area contributed by atoms with Crippen molar-refractivity contribution in [3.8, 4) is 0 Å². The highest BCUT2D eigenvalue weighted by molar-refractivity contribution is 7.99. The summed E-state index contributed by atoms with van der Waals surface area (Å²) in [6.07, 6.45) is 11.4. The molecule has 17 heavy (non-hydrogen) atoms. The standard InChI is InChI=1S/C15H31NS/c1-3-5-6-7-8-15(16-4-2)13-14-9-11-17-12-10-14/h14-16H,3-13H2,1-2H3. The molecule has 1 N–H and O–H groups in total. The van der Waals surface area contributed by atoms with E-state index in [-0.39, 0.29) is 0 Å². The maximum Gasteiger partial charge on any atom is 0.00695 e. The molecule has 0 amide bonds. The monoisotopic (exact) mass is 257 g/mol. The van der Waals surface area contributed by atoms with Gasteiger partial charge in [0.15, 0.2) is 0 Å². The van der Waals surface area contributed by atoms with Crippen molar-refractivity contribution in [2.45, 2.75) is 71.3 Å². The van der Waals surface area contributed by atoms with Gasteiger partial charge < -0.3 is 5.32 Å². The summed E-state index contributed by atoms with van der Waals surface area (Å²) >= 11 is 2.14. The lowest BCUT2D eigenvalue weighted by molar-refractivity contribution is 0.347. The predicted octanol–water partition coefficient (Wildman–Crippen LogP) is 4.47. The molecule has 0 aliphatic carbocycles. The van der Waals surface area contributed by atoms with E-state index in [1.54, 1.807) is 0 Å². The van der Waals surface area contributed by atoms with Crippen molar-refractivity contribution in [1.29, 1.82) is 0 Å². The van der Waals surface area contributed by atoms with E-state index in [9.17, 15) is 0 Å². The normalized spacial score (nSPS) is 19.4. The van der Waals surface area contributed by atoms with E-state index in [1.165, 1.54) is 62.9 Å². The van der Waals surface area contributed by atoms with Crippen LogP contribution in [0.25, 0.3) is 0 Å². The molecule has 102 valence electrons. The van der Waals surface area contributed by atoms with Crippen molar-refractivity contribution < 1.29 is 0 Å². The summed E-state index contributed by atoms with van der Waals surface area (Å²) in [4.78, 5) is 0. The van der Waals surface area contributed by atoms with Crippen LogP contribution in [-0.2, 0) is 0 Å². The predicted molar refractivity (Wildman–Crippen MR) is 80.9 cm³/mol. The minimum Gasteiger partial charge on any atom is -0.314 e. The van der Waals surface area contributed by atoms with Crippen molar-refractivity contribution in [1.82, 2.24) is 5.32 Å². The van der Waals surface area contributed by atoms with E-state index >= 15 is 0 Å². The van der Waals surface area contributed by atoms with Gasteiger partial charge in [0.1, 0.15) is 0 Å². The first-order chi connectivity index (χ1) is 8.36. The van der Waals surface area contributed by atoms with Crippen LogP contribution in [0.3, 0.4) is 0 Å². The van der Waals surface area contributed by atoms with Crippen LogP contribution in [0, 0.1) is 5.92 Å². The smallest absolute Gasteiger partial charge is 0.00695 e. The van der Waals surface area contributed by atoms with Gasteiger partial charge in [-0.15, -0.1) is 0 Å². The highest BCUT2D eigenvalue weighted by Gasteiger charge is 2.18. The molecule has 1 atom stereocenters. The molecule has 1 unspecified atom stereocenters. The second-order valence-corrected chi connectivity index (χ2v) is 6.62. The maximum atomic E-state index is 3.70. The van der Waals surface area contributed by atoms with Crippen molar-refractivity contribution in [2.24, 2.45) is 5.92 Å². The third-order valence-corrected chi connectivity index (χ3v) is 4.91. The second kappa shape index (κ2) is 10.3. The van der Waals surface area contributed by atoms with E-state index in [1.807, 2.05) is 0 Å². The Morgan fingerprint density at radius 3 is 2.53 bits per heavy atom. The molecule has 0 aromatic heterocycles. The van der Waals surface area contributed by atoms with Crippen LogP contribution in [0.15, 0.2) is 0 Å². The Bertz CT molecular complexity index is 166. The highest BCUT2D eigenvalue weighted by Crippen LogP contribution is 2.27. The summed E-state index contributed by atoms with van der Waals surface area (Å²) in [6, 6.07) is 0.796. The summed E-state index contributed by atoms with van der Waals surface area (Å²) in [5.41, 5.74) is 0. The zero-order valence-corrected chi connectivity index (χ0v) is 12.7. The fraction of sp³-hybridized carbons (Fsp3) is 1.00. The molecule has 0 radical (unpaired) electrons. The minimum absolute atomic E-state index is 0.796. The van der Waals surface area contributed by atoms with Gasteiger partial charge in [0, 0.05) is 6.04 Å². The van der Waals surface area contributed by atoms with Gasteiger partial charge in [-0.05, 0) is 49.7 Å². The summed E-state index contributed by atoms with van der Waals surface area (Å²) in [5, 5.41) is 3.70. The molecule has 2 heteroatoms. The molecule has 0 spiro atoms. The zero-order valence-electron chi connectivity index (χ0n) is 11.8. The molecule has 1 nitrogen and oxygen atoms in total. The lowest BCUT2D eigenvalue weighted by Gasteiger charge is -2.27. The molecule has 1 fully saturated rings. The topological polar surface area (TPSA) is 12.0 Å². The first-order valence-corrected chi connectivity index (χ1v) is 8.83. The van der Waals surface area contributed by atoms with Crippen molar-refractivity contribution >= 4 is 11.8 Å². The van der Waals surface area contributed by atoms with Crippen LogP contribution >= 0.6 is 11.8 Å². The molecule has 1 aliphatic heterocycles. The van der Waals surface area contributed by atoms with Crippen LogP contribution in [0.1, 0.15) is 65.2 Å². The highest BCUT2D eigenvalue weighted by atomic mass is 32.2. The number of unbranched alkanes of at least 4 members (excludes halogenated alkanes) is 3. The van der Waals surface area contributed by atoms with Crippen LogP contribution < -0.4 is 5.32 Å². The molecule has 1 saturated heterocycles. The summed E-state index contributed by atoms with van der Waals surface area (Å²) in [5.74, 6) is 3.81. The average Bonchev–Trinajstić information content (AvgIpc) is 2.36. The molecule has 0 aromatic carbocycles. The van der Waals surface area contributed by atoms with Crippen LogP contribution in [0.4, 0.5) is 0 Å². The first kappa shape index (κ1) is 15.4. The molecule has 0 saturated carbocycles. The van der Waals surface area contributed by atoms with Gasteiger partial charge in [0.2, 0.25) is 0 Å². The second-order valence-electron chi connectivity index (χ2n) is 5.40.